The number of hydrogen-bond acceptors (Lipinski definition) is 2. The van der Waals surface area contributed by atoms with Gasteiger partial charge in [0.2, 0.25) is 5.91 Å². The van der Waals surface area contributed by atoms with E-state index < -0.39 is 0 Å². The summed E-state index contributed by atoms with van der Waals surface area (Å²) < 4.78 is 0. The van der Waals surface area contributed by atoms with Crippen LogP contribution in [0.1, 0.15) is 24.1 Å². The summed E-state index contributed by atoms with van der Waals surface area (Å²) in [6.07, 6.45) is 3.41. The van der Waals surface area contributed by atoms with Crippen LogP contribution in [0.4, 0.5) is 0 Å². The van der Waals surface area contributed by atoms with Gasteiger partial charge in [-0.3, -0.25) is 4.79 Å². The van der Waals surface area contributed by atoms with Gasteiger partial charge >= 0.3 is 0 Å². The van der Waals surface area contributed by atoms with Crippen LogP contribution in [0.25, 0.3) is 0 Å². The Hall–Kier alpha value is -0.830. The molecule has 1 fully saturated rings. The van der Waals surface area contributed by atoms with Crippen LogP contribution in [0, 0.1) is 5.92 Å². The molecule has 3 heteroatoms. The molecule has 1 aliphatic carbocycles. The molecule has 2 nitrogen and oxygen atoms in total. The van der Waals surface area contributed by atoms with Gasteiger partial charge in [0.1, 0.15) is 0 Å². The predicted molar refractivity (Wildman–Crippen MR) is 58.1 cm³/mol. The summed E-state index contributed by atoms with van der Waals surface area (Å²) in [7, 11) is 1.90. The van der Waals surface area contributed by atoms with Gasteiger partial charge in [0.15, 0.2) is 0 Å². The average Bonchev–Trinajstić information content (AvgIpc) is 2.53. The van der Waals surface area contributed by atoms with Crippen LogP contribution in [-0.2, 0) is 11.3 Å². The Labute approximate surface area is 88.5 Å². The molecule has 1 saturated carbocycles. The zero-order valence-corrected chi connectivity index (χ0v) is 9.22. The van der Waals surface area contributed by atoms with Crippen molar-refractivity contribution in [1.82, 2.24) is 4.90 Å². The van der Waals surface area contributed by atoms with Crippen LogP contribution in [-0.4, -0.2) is 17.9 Å². The van der Waals surface area contributed by atoms with Crippen LogP contribution < -0.4 is 0 Å². The van der Waals surface area contributed by atoms with Gasteiger partial charge in [-0.1, -0.05) is 12.5 Å². The second kappa shape index (κ2) is 4.13. The molecule has 1 amide bonds. The number of rotatable bonds is 3. The Morgan fingerprint density at radius 2 is 2.43 bits per heavy atom. The molecule has 0 spiro atoms. The first-order valence-electron chi connectivity index (χ1n) is 5.05. The normalized spacial score (nSPS) is 16.4. The van der Waals surface area contributed by atoms with Crippen molar-refractivity contribution in [3.05, 3.63) is 22.4 Å². The van der Waals surface area contributed by atoms with Crippen molar-refractivity contribution in [3.8, 4) is 0 Å². The largest absolute Gasteiger partial charge is 0.340 e. The minimum atomic E-state index is 0.319. The minimum Gasteiger partial charge on any atom is -0.340 e. The van der Waals surface area contributed by atoms with E-state index in [1.807, 2.05) is 18.0 Å². The second-order valence-electron chi connectivity index (χ2n) is 3.90. The maximum absolute atomic E-state index is 11.8. The maximum atomic E-state index is 11.8. The van der Waals surface area contributed by atoms with Crippen molar-refractivity contribution in [2.24, 2.45) is 5.92 Å². The highest BCUT2D eigenvalue weighted by atomic mass is 32.1. The van der Waals surface area contributed by atoms with Crippen LogP contribution in [0.15, 0.2) is 17.5 Å². The monoisotopic (exact) mass is 209 g/mol. The number of amides is 1. The zero-order chi connectivity index (χ0) is 9.97. The van der Waals surface area contributed by atoms with Crippen molar-refractivity contribution in [3.63, 3.8) is 0 Å². The van der Waals surface area contributed by atoms with Gasteiger partial charge in [-0.2, -0.15) is 0 Å². The van der Waals surface area contributed by atoms with Gasteiger partial charge in [-0.15, -0.1) is 11.3 Å². The molecular weight excluding hydrogens is 194 g/mol. The number of thiophene rings is 1. The maximum Gasteiger partial charge on any atom is 0.225 e. The van der Waals surface area contributed by atoms with E-state index in [4.69, 9.17) is 0 Å². The van der Waals surface area contributed by atoms with Gasteiger partial charge in [0, 0.05) is 17.8 Å². The third-order valence-corrected chi connectivity index (χ3v) is 3.66. The van der Waals surface area contributed by atoms with Crippen LogP contribution in [0.2, 0.25) is 0 Å². The Morgan fingerprint density at radius 1 is 1.64 bits per heavy atom. The molecule has 1 aliphatic rings. The fourth-order valence-electron chi connectivity index (χ4n) is 1.68. The smallest absolute Gasteiger partial charge is 0.225 e. The molecule has 14 heavy (non-hydrogen) atoms. The minimum absolute atomic E-state index is 0.319. The average molecular weight is 209 g/mol. The Bertz CT molecular complexity index is 303. The van der Waals surface area contributed by atoms with Gasteiger partial charge < -0.3 is 4.90 Å². The van der Waals surface area contributed by atoms with Crippen molar-refractivity contribution >= 4 is 17.2 Å². The van der Waals surface area contributed by atoms with E-state index in [0.29, 0.717) is 11.8 Å². The number of hydrogen-bond donors (Lipinski definition) is 0. The molecule has 1 heterocycles. The van der Waals surface area contributed by atoms with E-state index in [9.17, 15) is 4.79 Å². The topological polar surface area (TPSA) is 20.3 Å². The Kier molecular flexibility index (Phi) is 2.87. The summed E-state index contributed by atoms with van der Waals surface area (Å²) in [5.74, 6) is 0.643. The summed E-state index contributed by atoms with van der Waals surface area (Å²) in [6, 6.07) is 4.11. The lowest BCUT2D eigenvalue weighted by atomic mass is 9.84. The third kappa shape index (κ3) is 1.98. The summed E-state index contributed by atoms with van der Waals surface area (Å²) in [5, 5.41) is 2.05. The molecule has 76 valence electrons. The van der Waals surface area contributed by atoms with Crippen LogP contribution in [0.3, 0.4) is 0 Å². The highest BCUT2D eigenvalue weighted by Crippen LogP contribution is 2.28. The Morgan fingerprint density at radius 3 is 2.93 bits per heavy atom. The molecular formula is C11H15NOS. The van der Waals surface area contributed by atoms with E-state index in [1.54, 1.807) is 11.3 Å². The molecule has 0 bridgehead atoms. The summed E-state index contributed by atoms with van der Waals surface area (Å²) in [4.78, 5) is 14.9. The lowest BCUT2D eigenvalue weighted by Gasteiger charge is -2.28. The lowest BCUT2D eigenvalue weighted by molar-refractivity contribution is -0.137. The van der Waals surface area contributed by atoms with Crippen molar-refractivity contribution in [1.29, 1.82) is 0 Å². The third-order valence-electron chi connectivity index (χ3n) is 2.80. The molecule has 0 unspecified atom stereocenters. The number of nitrogens with zero attached hydrogens (tertiary/aromatic N) is 1. The summed E-state index contributed by atoms with van der Waals surface area (Å²) in [5.41, 5.74) is 0. The van der Waals surface area contributed by atoms with Gasteiger partial charge in [-0.05, 0) is 24.3 Å². The first-order valence-corrected chi connectivity index (χ1v) is 5.92. The fraction of sp³-hybridized carbons (Fsp3) is 0.545. The van der Waals surface area contributed by atoms with Crippen LogP contribution in [0.5, 0.6) is 0 Å². The number of carbonyl (C=O) groups is 1. The highest BCUT2D eigenvalue weighted by molar-refractivity contribution is 7.09. The van der Waals surface area contributed by atoms with E-state index in [-0.39, 0.29) is 0 Å². The molecule has 0 aliphatic heterocycles. The Balaban J connectivity index is 1.88. The first-order chi connectivity index (χ1) is 6.77. The van der Waals surface area contributed by atoms with Crippen molar-refractivity contribution in [2.45, 2.75) is 25.8 Å². The predicted octanol–water partition coefficient (Wildman–Crippen LogP) is 2.51. The standard InChI is InChI=1S/C11H15NOS/c1-12(8-10-6-3-7-14-10)11(13)9-4-2-5-9/h3,6-7,9H,2,4-5,8H2,1H3. The lowest BCUT2D eigenvalue weighted by Crippen LogP contribution is -2.35. The van der Waals surface area contributed by atoms with E-state index in [0.717, 1.165) is 19.4 Å². The molecule has 0 atom stereocenters. The number of carbonyl (C=O) groups excluding carboxylic acids is 1. The highest BCUT2D eigenvalue weighted by Gasteiger charge is 2.27. The van der Waals surface area contributed by atoms with Gasteiger partial charge in [0.25, 0.3) is 0 Å². The van der Waals surface area contributed by atoms with Gasteiger partial charge in [-0.25, -0.2) is 0 Å². The van der Waals surface area contributed by atoms with E-state index in [1.165, 1.54) is 11.3 Å². The summed E-state index contributed by atoms with van der Waals surface area (Å²) in [6.45, 7) is 0.771. The molecule has 0 radical (unpaired) electrons. The van der Waals surface area contributed by atoms with Gasteiger partial charge in [0.05, 0.1) is 6.54 Å². The zero-order valence-electron chi connectivity index (χ0n) is 8.40. The summed E-state index contributed by atoms with van der Waals surface area (Å²) >= 11 is 1.71. The van der Waals surface area contributed by atoms with Crippen molar-refractivity contribution in [2.75, 3.05) is 7.05 Å². The quantitative estimate of drug-likeness (QED) is 0.749. The van der Waals surface area contributed by atoms with Crippen LogP contribution >= 0.6 is 11.3 Å². The fourth-order valence-corrected chi connectivity index (χ4v) is 2.44. The molecule has 0 N–H and O–H groups in total. The molecule has 1 aromatic heterocycles. The molecule has 1 aromatic rings. The second-order valence-corrected chi connectivity index (χ2v) is 4.93. The SMILES string of the molecule is CN(Cc1cccs1)C(=O)C1CCC1. The van der Waals surface area contributed by atoms with E-state index in [2.05, 4.69) is 11.4 Å². The molecule has 2 rings (SSSR count). The molecule has 0 aromatic carbocycles. The first kappa shape index (κ1) is 9.71. The van der Waals surface area contributed by atoms with E-state index >= 15 is 0 Å². The molecule has 0 saturated heterocycles. The van der Waals surface area contributed by atoms with Crippen molar-refractivity contribution < 1.29 is 4.79 Å².